The van der Waals surface area contributed by atoms with E-state index in [0.717, 1.165) is 0 Å². The third kappa shape index (κ3) is 0.858. The van der Waals surface area contributed by atoms with Gasteiger partial charge in [-0.15, -0.1) is 0 Å². The van der Waals surface area contributed by atoms with Crippen molar-refractivity contribution >= 4 is 0 Å². The average molecular weight is 114 g/mol. The van der Waals surface area contributed by atoms with E-state index in [1.165, 1.54) is 12.8 Å². The Bertz CT molecular complexity index is 75.8. The van der Waals surface area contributed by atoms with Crippen LogP contribution in [-0.2, 0) is 0 Å². The molecule has 8 heavy (non-hydrogen) atoms. The lowest BCUT2D eigenvalue weighted by atomic mass is 9.86. The summed E-state index contributed by atoms with van der Waals surface area (Å²) in [6.07, 6.45) is 2.50. The van der Waals surface area contributed by atoms with Gasteiger partial charge in [0.25, 0.3) is 0 Å². The van der Waals surface area contributed by atoms with E-state index < -0.39 is 0 Å². The molecule has 0 aromatic carbocycles. The van der Waals surface area contributed by atoms with E-state index >= 15 is 0 Å². The Kier molecular flexibility index (Phi) is 1.54. The minimum Gasteiger partial charge on any atom is -0.326 e. The maximum absolute atomic E-state index is 5.68. The maximum atomic E-state index is 5.68. The molecule has 2 atom stereocenters. The van der Waals surface area contributed by atoms with Crippen molar-refractivity contribution in [3.63, 3.8) is 0 Å². The van der Waals surface area contributed by atoms with Crippen molar-refractivity contribution in [3.05, 3.63) is 0 Å². The highest BCUT2D eigenvalue weighted by atomic mass is 15.1. The molecule has 0 radical (unpaired) electrons. The number of hydrogen-bond donors (Lipinski definition) is 1. The van der Waals surface area contributed by atoms with Crippen LogP contribution in [0.1, 0.15) is 12.8 Å². The summed E-state index contributed by atoms with van der Waals surface area (Å²) in [7, 11) is 4.17. The third-order valence-corrected chi connectivity index (χ3v) is 1.95. The molecule has 2 heteroatoms. The molecule has 0 saturated heterocycles. The van der Waals surface area contributed by atoms with E-state index in [9.17, 15) is 0 Å². The van der Waals surface area contributed by atoms with Crippen LogP contribution in [0.3, 0.4) is 0 Å². The van der Waals surface area contributed by atoms with Gasteiger partial charge < -0.3 is 10.6 Å². The molecule has 0 amide bonds. The van der Waals surface area contributed by atoms with E-state index in [2.05, 4.69) is 19.0 Å². The van der Waals surface area contributed by atoms with Gasteiger partial charge in [-0.05, 0) is 26.9 Å². The maximum Gasteiger partial charge on any atom is 0.0241 e. The normalized spacial score (nSPS) is 37.5. The molecule has 48 valence electrons. The molecule has 0 bridgehead atoms. The lowest BCUT2D eigenvalue weighted by molar-refractivity contribution is 0.161. The van der Waals surface area contributed by atoms with Gasteiger partial charge in [0.2, 0.25) is 0 Å². The molecule has 0 heterocycles. The Morgan fingerprint density at radius 1 is 1.38 bits per heavy atom. The molecule has 1 aliphatic rings. The minimum absolute atomic E-state index is 0.449. The van der Waals surface area contributed by atoms with E-state index in [1.54, 1.807) is 0 Å². The summed E-state index contributed by atoms with van der Waals surface area (Å²) in [6, 6.07) is 1.11. The number of likely N-dealkylation sites (N-methyl/N-ethyl adjacent to an activating group) is 1. The van der Waals surface area contributed by atoms with Gasteiger partial charge in [0.05, 0.1) is 0 Å². The summed E-state index contributed by atoms with van der Waals surface area (Å²) < 4.78 is 0. The zero-order valence-corrected chi connectivity index (χ0v) is 5.59. The van der Waals surface area contributed by atoms with Crippen LogP contribution in [0.15, 0.2) is 0 Å². The molecule has 0 unspecified atom stereocenters. The van der Waals surface area contributed by atoms with Crippen LogP contribution in [0.4, 0.5) is 0 Å². The number of rotatable bonds is 1. The molecule has 0 aromatic heterocycles. The minimum atomic E-state index is 0.449. The van der Waals surface area contributed by atoms with Crippen molar-refractivity contribution < 1.29 is 0 Å². The molecule has 0 spiro atoms. The van der Waals surface area contributed by atoms with Crippen molar-refractivity contribution in [2.45, 2.75) is 24.9 Å². The van der Waals surface area contributed by atoms with Gasteiger partial charge in [0.1, 0.15) is 0 Å². The van der Waals surface area contributed by atoms with E-state index in [1.807, 2.05) is 0 Å². The van der Waals surface area contributed by atoms with Crippen LogP contribution < -0.4 is 5.73 Å². The number of nitrogens with two attached hydrogens (primary N) is 1. The number of hydrogen-bond acceptors (Lipinski definition) is 2. The Balaban J connectivity index is 2.26. The van der Waals surface area contributed by atoms with Crippen LogP contribution in [0, 0.1) is 0 Å². The SMILES string of the molecule is CN(C)[C@H]1CC[C@@H]1N. The van der Waals surface area contributed by atoms with Crippen LogP contribution in [-0.4, -0.2) is 31.1 Å². The predicted molar refractivity (Wildman–Crippen MR) is 34.7 cm³/mol. The molecular weight excluding hydrogens is 100 g/mol. The van der Waals surface area contributed by atoms with Gasteiger partial charge in [-0.3, -0.25) is 0 Å². The second-order valence-electron chi connectivity index (χ2n) is 2.77. The van der Waals surface area contributed by atoms with Gasteiger partial charge >= 0.3 is 0 Å². The quantitative estimate of drug-likeness (QED) is 0.521. The second-order valence-corrected chi connectivity index (χ2v) is 2.77. The lowest BCUT2D eigenvalue weighted by Crippen LogP contribution is -2.52. The van der Waals surface area contributed by atoms with Crippen molar-refractivity contribution in [2.75, 3.05) is 14.1 Å². The highest BCUT2D eigenvalue weighted by Gasteiger charge is 2.28. The fraction of sp³-hybridized carbons (Fsp3) is 1.00. The fourth-order valence-corrected chi connectivity index (χ4v) is 1.15. The predicted octanol–water partition coefficient (Wildman–Crippen LogP) is 0.0377. The average Bonchev–Trinajstić information content (AvgIpc) is 1.61. The fourth-order valence-electron chi connectivity index (χ4n) is 1.15. The first-order valence-electron chi connectivity index (χ1n) is 3.14. The highest BCUT2D eigenvalue weighted by Crippen LogP contribution is 2.20. The summed E-state index contributed by atoms with van der Waals surface area (Å²) >= 11 is 0. The van der Waals surface area contributed by atoms with Crippen molar-refractivity contribution in [2.24, 2.45) is 5.73 Å². The van der Waals surface area contributed by atoms with E-state index in [-0.39, 0.29) is 0 Å². The summed E-state index contributed by atoms with van der Waals surface area (Å²) in [4.78, 5) is 2.20. The van der Waals surface area contributed by atoms with Crippen LogP contribution in [0.5, 0.6) is 0 Å². The Morgan fingerprint density at radius 3 is 2.00 bits per heavy atom. The summed E-state index contributed by atoms with van der Waals surface area (Å²) in [5.74, 6) is 0. The van der Waals surface area contributed by atoms with Crippen LogP contribution in [0.25, 0.3) is 0 Å². The molecular formula is C6H14N2. The van der Waals surface area contributed by atoms with Crippen molar-refractivity contribution in [1.82, 2.24) is 4.90 Å². The Hall–Kier alpha value is -0.0800. The molecule has 2 nitrogen and oxygen atoms in total. The molecule has 0 aliphatic heterocycles. The molecule has 1 saturated carbocycles. The summed E-state index contributed by atoms with van der Waals surface area (Å²) in [5, 5.41) is 0. The van der Waals surface area contributed by atoms with Gasteiger partial charge in [0, 0.05) is 12.1 Å². The topological polar surface area (TPSA) is 29.3 Å². The van der Waals surface area contributed by atoms with Gasteiger partial charge in [-0.2, -0.15) is 0 Å². The van der Waals surface area contributed by atoms with Gasteiger partial charge in [-0.25, -0.2) is 0 Å². The first-order valence-corrected chi connectivity index (χ1v) is 3.14. The molecule has 1 rings (SSSR count). The zero-order chi connectivity index (χ0) is 6.15. The lowest BCUT2D eigenvalue weighted by Gasteiger charge is -2.38. The molecule has 0 aromatic rings. The van der Waals surface area contributed by atoms with E-state index in [4.69, 9.17) is 5.73 Å². The first kappa shape index (κ1) is 6.05. The van der Waals surface area contributed by atoms with Gasteiger partial charge in [0.15, 0.2) is 0 Å². The second kappa shape index (κ2) is 2.03. The number of nitrogens with zero attached hydrogens (tertiary/aromatic N) is 1. The van der Waals surface area contributed by atoms with Crippen molar-refractivity contribution in [3.8, 4) is 0 Å². The van der Waals surface area contributed by atoms with Gasteiger partial charge in [-0.1, -0.05) is 0 Å². The molecule has 1 aliphatic carbocycles. The Morgan fingerprint density at radius 2 is 2.00 bits per heavy atom. The van der Waals surface area contributed by atoms with Crippen LogP contribution in [0.2, 0.25) is 0 Å². The largest absolute Gasteiger partial charge is 0.326 e. The van der Waals surface area contributed by atoms with E-state index in [0.29, 0.717) is 12.1 Å². The smallest absolute Gasteiger partial charge is 0.0241 e. The standard InChI is InChI=1S/C6H14N2/c1-8(2)6-4-3-5(6)7/h5-6H,3-4,7H2,1-2H3/t5-,6-/m0/s1. The summed E-state index contributed by atoms with van der Waals surface area (Å²) in [6.45, 7) is 0. The van der Waals surface area contributed by atoms with Crippen molar-refractivity contribution in [1.29, 1.82) is 0 Å². The monoisotopic (exact) mass is 114 g/mol. The third-order valence-electron chi connectivity index (χ3n) is 1.95. The molecule has 2 N–H and O–H groups in total. The Labute approximate surface area is 50.7 Å². The zero-order valence-electron chi connectivity index (χ0n) is 5.59. The summed E-state index contributed by atoms with van der Waals surface area (Å²) in [5.41, 5.74) is 5.68. The highest BCUT2D eigenvalue weighted by molar-refractivity contribution is 4.89. The molecule has 1 fully saturated rings. The first-order chi connectivity index (χ1) is 3.72. The van der Waals surface area contributed by atoms with Crippen LogP contribution >= 0.6 is 0 Å².